The van der Waals surface area contributed by atoms with E-state index in [0.717, 1.165) is 6.42 Å². The summed E-state index contributed by atoms with van der Waals surface area (Å²) < 4.78 is 38.3. The molecule has 3 atom stereocenters. The van der Waals surface area contributed by atoms with E-state index in [1.807, 2.05) is 11.8 Å². The summed E-state index contributed by atoms with van der Waals surface area (Å²) in [5.74, 6) is -0.807. The fraction of sp³-hybridized carbons (Fsp3) is 1.00. The predicted octanol–water partition coefficient (Wildman–Crippen LogP) is 2.50. The van der Waals surface area contributed by atoms with Crippen LogP contribution in [0.2, 0.25) is 0 Å². The molecule has 0 aliphatic carbocycles. The molecule has 0 amide bonds. The maximum Gasteiger partial charge on any atom is 0.394 e. The fourth-order valence-corrected chi connectivity index (χ4v) is 2.23. The largest absolute Gasteiger partial charge is 0.394 e. The van der Waals surface area contributed by atoms with Crippen LogP contribution in [-0.2, 0) is 0 Å². The first-order valence-corrected chi connectivity index (χ1v) is 6.37. The van der Waals surface area contributed by atoms with Crippen LogP contribution in [0.25, 0.3) is 0 Å². The Hall–Kier alpha value is -0.290. The molecule has 1 aliphatic heterocycles. The number of rotatable bonds is 3. The molecule has 3 unspecified atom stereocenters. The van der Waals surface area contributed by atoms with E-state index < -0.39 is 12.1 Å². The summed E-state index contributed by atoms with van der Waals surface area (Å²) in [6, 6.07) is 0.213. The van der Waals surface area contributed by atoms with Gasteiger partial charge in [0.05, 0.1) is 5.92 Å². The SMILES string of the molecule is CCC(C)C(C)N1CCNCC(C(F)(F)F)C1. The van der Waals surface area contributed by atoms with E-state index >= 15 is 0 Å². The van der Waals surface area contributed by atoms with Crippen molar-refractivity contribution in [1.82, 2.24) is 10.2 Å². The monoisotopic (exact) mass is 252 g/mol. The highest BCUT2D eigenvalue weighted by Crippen LogP contribution is 2.28. The molecule has 5 heteroatoms. The molecular formula is C12H23F3N2. The predicted molar refractivity (Wildman–Crippen MR) is 62.9 cm³/mol. The molecule has 0 saturated carbocycles. The van der Waals surface area contributed by atoms with Crippen molar-refractivity contribution in [3.63, 3.8) is 0 Å². The lowest BCUT2D eigenvalue weighted by Gasteiger charge is -2.33. The van der Waals surface area contributed by atoms with E-state index in [1.54, 1.807) is 0 Å². The van der Waals surface area contributed by atoms with Gasteiger partial charge in [-0.05, 0) is 12.8 Å². The number of halogens is 3. The summed E-state index contributed by atoms with van der Waals surface area (Å²) in [6.45, 7) is 7.75. The van der Waals surface area contributed by atoms with Crippen LogP contribution >= 0.6 is 0 Å². The second-order valence-corrected chi connectivity index (χ2v) is 5.06. The standard InChI is InChI=1S/C12H23F3N2/c1-4-9(2)10(3)17-6-5-16-7-11(8-17)12(13,14)15/h9-11,16H,4-8H2,1-3H3. The molecular weight excluding hydrogens is 229 g/mol. The molecule has 0 spiro atoms. The van der Waals surface area contributed by atoms with E-state index in [-0.39, 0.29) is 19.1 Å². The third-order valence-corrected chi connectivity index (χ3v) is 3.93. The number of alkyl halides is 3. The van der Waals surface area contributed by atoms with Crippen LogP contribution in [0.5, 0.6) is 0 Å². The molecule has 1 fully saturated rings. The molecule has 17 heavy (non-hydrogen) atoms. The Balaban J connectivity index is 2.66. The van der Waals surface area contributed by atoms with Crippen molar-refractivity contribution in [3.05, 3.63) is 0 Å². The van der Waals surface area contributed by atoms with Crippen LogP contribution < -0.4 is 5.32 Å². The highest BCUT2D eigenvalue weighted by Gasteiger charge is 2.41. The third kappa shape index (κ3) is 4.14. The van der Waals surface area contributed by atoms with Gasteiger partial charge in [-0.1, -0.05) is 20.3 Å². The van der Waals surface area contributed by atoms with Crippen LogP contribution in [0.1, 0.15) is 27.2 Å². The van der Waals surface area contributed by atoms with Crippen LogP contribution in [0.4, 0.5) is 13.2 Å². The van der Waals surface area contributed by atoms with Gasteiger partial charge >= 0.3 is 6.18 Å². The topological polar surface area (TPSA) is 15.3 Å². The number of nitrogens with one attached hydrogen (secondary N) is 1. The van der Waals surface area contributed by atoms with Crippen LogP contribution in [0, 0.1) is 11.8 Å². The third-order valence-electron chi connectivity index (χ3n) is 3.93. The van der Waals surface area contributed by atoms with Crippen molar-refractivity contribution >= 4 is 0 Å². The van der Waals surface area contributed by atoms with Gasteiger partial charge in [-0.3, -0.25) is 4.90 Å². The molecule has 1 rings (SSSR count). The zero-order chi connectivity index (χ0) is 13.1. The Labute approximate surface area is 102 Å². The molecule has 0 radical (unpaired) electrons. The van der Waals surface area contributed by atoms with E-state index in [9.17, 15) is 13.2 Å². The van der Waals surface area contributed by atoms with Crippen LogP contribution in [0.15, 0.2) is 0 Å². The summed E-state index contributed by atoms with van der Waals surface area (Å²) in [7, 11) is 0. The molecule has 1 heterocycles. The first-order chi connectivity index (χ1) is 7.86. The fourth-order valence-electron chi connectivity index (χ4n) is 2.23. The number of hydrogen-bond donors (Lipinski definition) is 1. The maximum absolute atomic E-state index is 12.8. The van der Waals surface area contributed by atoms with Gasteiger partial charge in [0, 0.05) is 32.2 Å². The van der Waals surface area contributed by atoms with Crippen molar-refractivity contribution in [3.8, 4) is 0 Å². The Morgan fingerprint density at radius 1 is 1.35 bits per heavy atom. The van der Waals surface area contributed by atoms with Gasteiger partial charge in [-0.15, -0.1) is 0 Å². The zero-order valence-corrected chi connectivity index (χ0v) is 10.8. The Kier molecular flexibility index (Phi) is 5.25. The minimum absolute atomic E-state index is 0.0488. The Bertz CT molecular complexity index is 230. The first-order valence-electron chi connectivity index (χ1n) is 6.37. The second-order valence-electron chi connectivity index (χ2n) is 5.06. The van der Waals surface area contributed by atoms with Gasteiger partial charge in [0.25, 0.3) is 0 Å². The summed E-state index contributed by atoms with van der Waals surface area (Å²) in [5.41, 5.74) is 0. The van der Waals surface area contributed by atoms with Crippen LogP contribution in [-0.4, -0.2) is 43.3 Å². The summed E-state index contributed by atoms with van der Waals surface area (Å²) >= 11 is 0. The number of hydrogen-bond acceptors (Lipinski definition) is 2. The summed E-state index contributed by atoms with van der Waals surface area (Å²) in [6.07, 6.45) is -3.09. The number of nitrogens with zero attached hydrogens (tertiary/aromatic N) is 1. The lowest BCUT2D eigenvalue weighted by atomic mass is 9.98. The lowest BCUT2D eigenvalue weighted by molar-refractivity contribution is -0.177. The van der Waals surface area contributed by atoms with Crippen LogP contribution in [0.3, 0.4) is 0 Å². The van der Waals surface area contributed by atoms with E-state index in [0.29, 0.717) is 19.0 Å². The van der Waals surface area contributed by atoms with Crippen molar-refractivity contribution < 1.29 is 13.2 Å². The molecule has 0 bridgehead atoms. The normalized spacial score (nSPS) is 27.5. The highest BCUT2D eigenvalue weighted by atomic mass is 19.4. The van der Waals surface area contributed by atoms with E-state index in [2.05, 4.69) is 19.2 Å². The Morgan fingerprint density at radius 2 is 2.00 bits per heavy atom. The van der Waals surface area contributed by atoms with Gasteiger partial charge in [0.2, 0.25) is 0 Å². The van der Waals surface area contributed by atoms with Gasteiger partial charge in [0.15, 0.2) is 0 Å². The van der Waals surface area contributed by atoms with Crippen molar-refractivity contribution in [2.75, 3.05) is 26.2 Å². The van der Waals surface area contributed by atoms with Crippen molar-refractivity contribution in [1.29, 1.82) is 0 Å². The summed E-state index contributed by atoms with van der Waals surface area (Å²) in [5, 5.41) is 2.88. The Morgan fingerprint density at radius 3 is 2.53 bits per heavy atom. The van der Waals surface area contributed by atoms with Gasteiger partial charge < -0.3 is 5.32 Å². The summed E-state index contributed by atoms with van der Waals surface area (Å²) in [4.78, 5) is 1.98. The van der Waals surface area contributed by atoms with Crippen molar-refractivity contribution in [2.45, 2.75) is 39.4 Å². The molecule has 2 nitrogen and oxygen atoms in total. The molecule has 1 N–H and O–H groups in total. The van der Waals surface area contributed by atoms with Gasteiger partial charge in [0.1, 0.15) is 0 Å². The second kappa shape index (κ2) is 6.05. The minimum atomic E-state index is -4.09. The van der Waals surface area contributed by atoms with Crippen molar-refractivity contribution in [2.24, 2.45) is 11.8 Å². The molecule has 1 saturated heterocycles. The zero-order valence-electron chi connectivity index (χ0n) is 10.8. The molecule has 102 valence electrons. The molecule has 1 aliphatic rings. The minimum Gasteiger partial charge on any atom is -0.315 e. The average Bonchev–Trinajstić information content (AvgIpc) is 2.51. The molecule has 0 aromatic rings. The molecule has 0 aromatic heterocycles. The smallest absolute Gasteiger partial charge is 0.315 e. The average molecular weight is 252 g/mol. The van der Waals surface area contributed by atoms with E-state index in [4.69, 9.17) is 0 Å². The van der Waals surface area contributed by atoms with Gasteiger partial charge in [-0.2, -0.15) is 13.2 Å². The van der Waals surface area contributed by atoms with E-state index in [1.165, 1.54) is 0 Å². The van der Waals surface area contributed by atoms with Gasteiger partial charge in [-0.25, -0.2) is 0 Å². The maximum atomic E-state index is 12.8. The first kappa shape index (κ1) is 14.8. The quantitative estimate of drug-likeness (QED) is 0.830. The highest BCUT2D eigenvalue weighted by molar-refractivity contribution is 4.82. The molecule has 0 aromatic carbocycles. The lowest BCUT2D eigenvalue weighted by Crippen LogP contribution is -2.44.